The van der Waals surface area contributed by atoms with Gasteiger partial charge in [-0.15, -0.1) is 0 Å². The molecule has 52 heavy (non-hydrogen) atoms. The number of nitrogens with one attached hydrogen (secondary N) is 1. The van der Waals surface area contributed by atoms with E-state index in [9.17, 15) is 14.4 Å². The van der Waals surface area contributed by atoms with Crippen LogP contribution in [0.2, 0.25) is 0 Å². The van der Waals surface area contributed by atoms with E-state index in [4.69, 9.17) is 9.84 Å². The minimum atomic E-state index is -1.04. The van der Waals surface area contributed by atoms with Crippen molar-refractivity contribution in [2.24, 2.45) is 0 Å². The Kier molecular flexibility index (Phi) is 36.8. The molecule has 0 heterocycles. The van der Waals surface area contributed by atoms with Gasteiger partial charge in [0.05, 0.1) is 0 Å². The Balaban J connectivity index is 4.26. The fourth-order valence-electron chi connectivity index (χ4n) is 4.98. The zero-order valence-corrected chi connectivity index (χ0v) is 32.6. The highest BCUT2D eigenvalue weighted by Gasteiger charge is 2.11. The van der Waals surface area contributed by atoms with E-state index in [1.165, 1.54) is 19.3 Å². The molecule has 0 aliphatic carbocycles. The molecule has 0 aliphatic rings. The van der Waals surface area contributed by atoms with E-state index in [0.29, 0.717) is 19.3 Å². The Labute approximate surface area is 317 Å². The number of esters is 1. The molecule has 0 aromatic carbocycles. The largest absolute Gasteiger partial charge is 0.480 e. The summed E-state index contributed by atoms with van der Waals surface area (Å²) in [5, 5.41) is 11.1. The van der Waals surface area contributed by atoms with Crippen molar-refractivity contribution in [3.8, 4) is 0 Å². The van der Waals surface area contributed by atoms with Gasteiger partial charge < -0.3 is 15.2 Å². The first kappa shape index (κ1) is 48.1. The Hall–Kier alpha value is -3.93. The number of hydrogen-bond donors (Lipinski definition) is 2. The molecular weight excluding hydrogens is 647 g/mol. The highest BCUT2D eigenvalue weighted by Crippen LogP contribution is 2.13. The van der Waals surface area contributed by atoms with Gasteiger partial charge in [0.1, 0.15) is 12.6 Å². The van der Waals surface area contributed by atoms with Crippen LogP contribution in [0.15, 0.2) is 109 Å². The lowest BCUT2D eigenvalue weighted by molar-refractivity contribution is -0.147. The molecule has 0 radical (unpaired) electrons. The number of allylic oxidation sites excluding steroid dienone is 17. The minimum Gasteiger partial charge on any atom is -0.480 e. The van der Waals surface area contributed by atoms with Crippen molar-refractivity contribution < 1.29 is 24.2 Å². The lowest BCUT2D eigenvalue weighted by Gasteiger charge is -2.14. The summed E-state index contributed by atoms with van der Waals surface area (Å²) in [4.78, 5) is 34.9. The van der Waals surface area contributed by atoms with Gasteiger partial charge in [0.15, 0.2) is 0 Å². The van der Waals surface area contributed by atoms with Crippen molar-refractivity contribution in [3.05, 3.63) is 109 Å². The van der Waals surface area contributed by atoms with E-state index < -0.39 is 5.97 Å². The Morgan fingerprint density at radius 2 is 1.02 bits per heavy atom. The maximum Gasteiger partial charge on any atom is 0.322 e. The van der Waals surface area contributed by atoms with Crippen LogP contribution in [-0.2, 0) is 19.1 Å². The molecule has 0 rings (SSSR count). The number of carboxylic acids is 1. The number of aliphatic carboxylic acids is 1. The van der Waals surface area contributed by atoms with E-state index in [1.807, 2.05) is 6.08 Å². The normalized spacial score (nSPS) is 13.3. The molecule has 290 valence electrons. The van der Waals surface area contributed by atoms with Crippen molar-refractivity contribution in [2.75, 3.05) is 6.54 Å². The summed E-state index contributed by atoms with van der Waals surface area (Å²) in [6.45, 7) is 4.02. The van der Waals surface area contributed by atoms with Crippen molar-refractivity contribution in [1.82, 2.24) is 5.32 Å². The average molecular weight is 718 g/mol. The number of carbonyl (C=O) groups excluding carboxylic acids is 2. The first-order chi connectivity index (χ1) is 25.5. The van der Waals surface area contributed by atoms with Gasteiger partial charge >= 0.3 is 11.9 Å². The number of rotatable bonds is 34. The van der Waals surface area contributed by atoms with E-state index in [2.05, 4.69) is 122 Å². The standard InChI is InChI=1S/C46H71NO5/c1-3-5-7-9-11-13-14-15-16-17-18-19-20-21-22-23-24-25-26-27-29-31-37-41-46(51)52-43(38-34-30-28-12-10-8-6-4-2)39-35-32-33-36-40-44(48)47-42-45(49)50/h5,7,11-13,15-16,18-19,21-22,24-25,27-29,34,38,43H,3-4,6,8-10,14,17,20,23,26,30-33,35-37,39-42H2,1-2H3,(H,47,48)(H,49,50)/b7-5-,13-11-,16-15-,19-18-,22-21-,25-24-,28-12-,29-27-,38-34-. The molecule has 0 aromatic heterocycles. The molecule has 2 N–H and O–H groups in total. The average Bonchev–Trinajstić information content (AvgIpc) is 3.13. The van der Waals surface area contributed by atoms with Gasteiger partial charge in [-0.2, -0.15) is 0 Å². The quantitative estimate of drug-likeness (QED) is 0.0393. The van der Waals surface area contributed by atoms with E-state index in [1.54, 1.807) is 0 Å². The monoisotopic (exact) mass is 718 g/mol. The first-order valence-corrected chi connectivity index (χ1v) is 20.0. The van der Waals surface area contributed by atoms with Crippen molar-refractivity contribution in [1.29, 1.82) is 0 Å². The number of unbranched alkanes of at least 4 members (excludes halogenated alkanes) is 7. The van der Waals surface area contributed by atoms with Crippen LogP contribution in [0.3, 0.4) is 0 Å². The molecule has 1 amide bonds. The van der Waals surface area contributed by atoms with Crippen LogP contribution in [0.5, 0.6) is 0 Å². The Morgan fingerprint density at radius 3 is 1.54 bits per heavy atom. The summed E-state index contributed by atoms with van der Waals surface area (Å²) in [7, 11) is 0. The summed E-state index contributed by atoms with van der Waals surface area (Å²) in [5.41, 5.74) is 0. The summed E-state index contributed by atoms with van der Waals surface area (Å²) in [6.07, 6.45) is 58.0. The van der Waals surface area contributed by atoms with Crippen LogP contribution in [0.1, 0.15) is 149 Å². The van der Waals surface area contributed by atoms with Gasteiger partial charge in [-0.05, 0) is 102 Å². The second kappa shape index (κ2) is 39.8. The highest BCUT2D eigenvalue weighted by atomic mass is 16.5. The summed E-state index contributed by atoms with van der Waals surface area (Å²) in [5.74, 6) is -1.43. The molecule has 0 bridgehead atoms. The summed E-state index contributed by atoms with van der Waals surface area (Å²) >= 11 is 0. The van der Waals surface area contributed by atoms with Crippen LogP contribution in [0.25, 0.3) is 0 Å². The molecular formula is C46H71NO5. The highest BCUT2D eigenvalue weighted by molar-refractivity contribution is 5.80. The van der Waals surface area contributed by atoms with Crippen LogP contribution in [-0.4, -0.2) is 35.6 Å². The van der Waals surface area contributed by atoms with Gasteiger partial charge in [-0.1, -0.05) is 143 Å². The fourth-order valence-corrected chi connectivity index (χ4v) is 4.98. The third kappa shape index (κ3) is 38.9. The molecule has 0 aromatic rings. The van der Waals surface area contributed by atoms with Crippen LogP contribution in [0.4, 0.5) is 0 Å². The van der Waals surface area contributed by atoms with Crippen LogP contribution in [0, 0.1) is 0 Å². The maximum absolute atomic E-state index is 12.6. The SMILES string of the molecule is CC/C=C\C/C=C\C/C=C\C/C=C\C/C=C\C/C=C\C/C=C\CCCC(=O)OC(/C=C\C/C=C\CCCCC)CCCCCCC(=O)NCC(=O)O. The lowest BCUT2D eigenvalue weighted by Crippen LogP contribution is -2.28. The zero-order valence-electron chi connectivity index (χ0n) is 32.6. The van der Waals surface area contributed by atoms with Gasteiger partial charge in [-0.3, -0.25) is 14.4 Å². The predicted octanol–water partition coefficient (Wildman–Crippen LogP) is 12.3. The smallest absolute Gasteiger partial charge is 0.322 e. The minimum absolute atomic E-state index is 0.162. The molecule has 0 saturated heterocycles. The summed E-state index contributed by atoms with van der Waals surface area (Å²) in [6, 6.07) is 0. The second-order valence-electron chi connectivity index (χ2n) is 12.8. The third-order valence-corrected chi connectivity index (χ3v) is 7.91. The molecule has 1 unspecified atom stereocenters. The first-order valence-electron chi connectivity index (χ1n) is 20.0. The molecule has 0 aliphatic heterocycles. The Morgan fingerprint density at radius 1 is 0.538 bits per heavy atom. The molecule has 0 spiro atoms. The lowest BCUT2D eigenvalue weighted by atomic mass is 10.1. The molecule has 6 nitrogen and oxygen atoms in total. The number of amides is 1. The van der Waals surface area contributed by atoms with E-state index in [0.717, 1.165) is 96.3 Å². The molecule has 0 fully saturated rings. The molecule has 1 atom stereocenters. The van der Waals surface area contributed by atoms with E-state index >= 15 is 0 Å². The topological polar surface area (TPSA) is 92.7 Å². The zero-order chi connectivity index (χ0) is 38.0. The van der Waals surface area contributed by atoms with E-state index in [-0.39, 0.29) is 24.5 Å². The van der Waals surface area contributed by atoms with Gasteiger partial charge in [0, 0.05) is 12.8 Å². The number of carbonyl (C=O) groups is 3. The van der Waals surface area contributed by atoms with Crippen molar-refractivity contribution in [2.45, 2.75) is 155 Å². The van der Waals surface area contributed by atoms with Crippen molar-refractivity contribution >= 4 is 17.8 Å². The maximum atomic E-state index is 12.6. The number of ether oxygens (including phenoxy) is 1. The Bertz CT molecular complexity index is 1150. The van der Waals surface area contributed by atoms with Crippen molar-refractivity contribution in [3.63, 3.8) is 0 Å². The predicted molar refractivity (Wildman–Crippen MR) is 221 cm³/mol. The number of hydrogen-bond acceptors (Lipinski definition) is 4. The fraction of sp³-hybridized carbons (Fsp3) is 0.543. The third-order valence-electron chi connectivity index (χ3n) is 7.91. The number of carboxylic acid groups (broad SMARTS) is 1. The van der Waals surface area contributed by atoms with Gasteiger partial charge in [0.25, 0.3) is 0 Å². The van der Waals surface area contributed by atoms with Crippen LogP contribution < -0.4 is 5.32 Å². The molecule has 6 heteroatoms. The van der Waals surface area contributed by atoms with Crippen LogP contribution >= 0.6 is 0 Å². The van der Waals surface area contributed by atoms with Gasteiger partial charge in [-0.25, -0.2) is 0 Å². The second-order valence-corrected chi connectivity index (χ2v) is 12.8. The van der Waals surface area contributed by atoms with Gasteiger partial charge in [0.2, 0.25) is 5.91 Å². The summed E-state index contributed by atoms with van der Waals surface area (Å²) < 4.78 is 5.84. The molecule has 0 saturated carbocycles.